The summed E-state index contributed by atoms with van der Waals surface area (Å²) in [6, 6.07) is 9.99. The molecule has 2 aromatic carbocycles. The number of imidazole rings is 1. The van der Waals surface area contributed by atoms with Crippen molar-refractivity contribution in [2.24, 2.45) is 29.2 Å². The lowest BCUT2D eigenvalue weighted by Gasteiger charge is -2.19. The second kappa shape index (κ2) is 85.2. The number of rotatable bonds is 101. The Labute approximate surface area is 861 Å². The van der Waals surface area contributed by atoms with Crippen molar-refractivity contribution in [1.82, 2.24) is 41.9 Å². The molecule has 146 heavy (non-hydrogen) atoms. The third-order valence-corrected chi connectivity index (χ3v) is 24.1. The highest BCUT2D eigenvalue weighted by atomic mass is 16.5. The predicted molar refractivity (Wildman–Crippen MR) is 544 cm³/mol. The molecule has 0 saturated heterocycles. The monoisotopic (exact) mass is 2070 g/mol. The molecule has 6 amide bonds. The van der Waals surface area contributed by atoms with Crippen LogP contribution in [0, 0.1) is 17.8 Å². The fourth-order valence-corrected chi connectivity index (χ4v) is 15.4. The number of ether oxygens (including phenoxy) is 10. The molecule has 0 aliphatic rings. The second-order valence-corrected chi connectivity index (χ2v) is 36.5. The molecule has 3 aromatic rings. The van der Waals surface area contributed by atoms with E-state index in [0.717, 1.165) is 82.7 Å². The fraction of sp³-hybridized carbons (Fsp3) is 0.695. The number of carbonyl (C=O) groups excluding carboxylic acids is 13. The number of Topliss-reactive ketones (excluding diaryl/α,β-unsaturated/α-hetero) is 7. The SMILES string of the molecule is CC(=O)[C@H](CCCCNC(=O)COCCOCCCC(=O)[C@@H](N)CCCCNC(=O)COCCOCCCC(=O)CC[C@H](NC(=O)CCCCCCCCCOc1ccc(C(=O)O)cc1)C(=O)O)CC(=O)[C@H](CCCCNC(=O)COCCOCCNC(=O)[C@@H](N)CCCCCC(=O)COCCOCCNC(=O)CC[C@H](CC(=O)CCCCCCCCCOc1ccc(C(=O)O)cc1)C(=O)O)CC(=O)CCc1cnc[nH]1.[HH].[HH]. The zero-order chi connectivity index (χ0) is 107. The number of H-pyrrole nitrogens is 1. The van der Waals surface area contributed by atoms with Crippen LogP contribution in [-0.4, -0.2) is 300 Å². The predicted octanol–water partition coefficient (Wildman–Crippen LogP) is 10.3. The van der Waals surface area contributed by atoms with Crippen LogP contribution in [0.4, 0.5) is 0 Å². The van der Waals surface area contributed by atoms with Crippen LogP contribution < -0.4 is 52.8 Å². The van der Waals surface area contributed by atoms with Gasteiger partial charge in [0.25, 0.3) is 0 Å². The van der Waals surface area contributed by atoms with E-state index >= 15 is 0 Å². The molecule has 1 heterocycles. The largest absolute Gasteiger partial charge is 0.494 e. The van der Waals surface area contributed by atoms with E-state index < -0.39 is 59.8 Å². The van der Waals surface area contributed by atoms with Crippen molar-refractivity contribution in [1.29, 1.82) is 0 Å². The van der Waals surface area contributed by atoms with E-state index in [4.69, 9.17) is 69.0 Å². The first-order chi connectivity index (χ1) is 70.5. The van der Waals surface area contributed by atoms with Crippen LogP contribution in [0.3, 0.4) is 0 Å². The number of aliphatic carboxylic acids is 2. The maximum Gasteiger partial charge on any atom is 0.335 e. The van der Waals surface area contributed by atoms with Gasteiger partial charge in [-0.15, -0.1) is 0 Å². The van der Waals surface area contributed by atoms with Crippen LogP contribution in [0.1, 0.15) is 306 Å². The Morgan fingerprint density at radius 2 is 0.747 bits per heavy atom. The molecular formula is C105H170N10O31. The van der Waals surface area contributed by atoms with Crippen molar-refractivity contribution in [2.75, 3.05) is 152 Å². The lowest BCUT2D eigenvalue weighted by Crippen LogP contribution is -2.41. The summed E-state index contributed by atoms with van der Waals surface area (Å²) >= 11 is 0. The molecule has 41 heteroatoms. The molecule has 0 bridgehead atoms. The number of hydrogen-bond donors (Lipinski definition) is 13. The molecule has 0 aliphatic heterocycles. The number of nitrogens with two attached hydrogens (primary N) is 2. The van der Waals surface area contributed by atoms with E-state index in [-0.39, 0.29) is 279 Å². The summed E-state index contributed by atoms with van der Waals surface area (Å²) in [7, 11) is 0. The van der Waals surface area contributed by atoms with Gasteiger partial charge in [-0.05, 0) is 171 Å². The van der Waals surface area contributed by atoms with Gasteiger partial charge < -0.3 is 116 Å². The summed E-state index contributed by atoms with van der Waals surface area (Å²) in [5.41, 5.74) is 13.4. The molecular weight excluding hydrogens is 1900 g/mol. The minimum Gasteiger partial charge on any atom is -0.494 e. The number of amides is 6. The highest BCUT2D eigenvalue weighted by Gasteiger charge is 2.29. The highest BCUT2D eigenvalue weighted by molar-refractivity contribution is 5.92. The number of carboxylic acid groups (broad SMARTS) is 4. The van der Waals surface area contributed by atoms with Gasteiger partial charge in [0.05, 0.1) is 115 Å². The van der Waals surface area contributed by atoms with Crippen LogP contribution >= 0.6 is 0 Å². The van der Waals surface area contributed by atoms with E-state index in [9.17, 15) is 91.7 Å². The van der Waals surface area contributed by atoms with Crippen molar-refractivity contribution in [3.05, 3.63) is 77.9 Å². The van der Waals surface area contributed by atoms with E-state index in [0.29, 0.717) is 173 Å². The first-order valence-corrected chi connectivity index (χ1v) is 52.2. The van der Waals surface area contributed by atoms with Gasteiger partial charge in [-0.2, -0.15) is 0 Å². The number of carboxylic acids is 4. The minimum absolute atomic E-state index is 0. The quantitative estimate of drug-likeness (QED) is 0.0234. The number of aromatic carboxylic acids is 2. The van der Waals surface area contributed by atoms with E-state index in [2.05, 4.69) is 41.9 Å². The topological polar surface area (TPSA) is 616 Å². The summed E-state index contributed by atoms with van der Waals surface area (Å²) in [6.07, 6.45) is 25.1. The molecule has 41 nitrogen and oxygen atoms in total. The van der Waals surface area contributed by atoms with Crippen LogP contribution in [0.2, 0.25) is 0 Å². The molecule has 3 rings (SSSR count). The molecule has 0 saturated carbocycles. The normalized spacial score (nSPS) is 12.5. The first-order valence-electron chi connectivity index (χ1n) is 52.2. The molecule has 0 spiro atoms. The summed E-state index contributed by atoms with van der Waals surface area (Å²) < 4.78 is 55.2. The minimum atomic E-state index is -1.20. The zero-order valence-corrected chi connectivity index (χ0v) is 85.8. The molecule has 0 aliphatic carbocycles. The number of hydrogen-bond acceptors (Lipinski definition) is 30. The van der Waals surface area contributed by atoms with Crippen LogP contribution in [-0.2, 0) is 116 Å². The smallest absolute Gasteiger partial charge is 0.335 e. The van der Waals surface area contributed by atoms with E-state index in [1.807, 2.05) is 0 Å². The third-order valence-electron chi connectivity index (χ3n) is 24.1. The second-order valence-electron chi connectivity index (χ2n) is 36.5. The van der Waals surface area contributed by atoms with Crippen molar-refractivity contribution < 1.29 is 152 Å². The number of carbonyl (C=O) groups is 17. The number of ketones is 7. The molecule has 0 unspecified atom stereocenters. The third kappa shape index (κ3) is 70.9. The highest BCUT2D eigenvalue weighted by Crippen LogP contribution is 2.25. The van der Waals surface area contributed by atoms with Gasteiger partial charge in [0.2, 0.25) is 35.4 Å². The number of aromatic nitrogens is 2. The maximum absolute atomic E-state index is 13.9. The van der Waals surface area contributed by atoms with Gasteiger partial charge in [-0.1, -0.05) is 89.9 Å². The molecule has 1 aromatic heterocycles. The first kappa shape index (κ1) is 129. The lowest BCUT2D eigenvalue weighted by atomic mass is 9.84. The number of benzene rings is 2. The molecule has 15 N–H and O–H groups in total. The number of nitrogens with one attached hydrogen (secondary N) is 7. The number of unbranched alkanes of at least 4 members (excludes halogenated alkanes) is 17. The average molecular weight is 2070 g/mol. The van der Waals surface area contributed by atoms with Gasteiger partial charge in [-0.25, -0.2) is 19.4 Å². The Morgan fingerprint density at radius 1 is 0.329 bits per heavy atom. The lowest BCUT2D eigenvalue weighted by molar-refractivity contribution is -0.144. The average Bonchev–Trinajstić information content (AvgIpc) is 1.35. The van der Waals surface area contributed by atoms with E-state index in [1.54, 1.807) is 30.5 Å². The van der Waals surface area contributed by atoms with Gasteiger partial charge in [-0.3, -0.25) is 67.1 Å². The molecule has 0 fully saturated rings. The summed E-state index contributed by atoms with van der Waals surface area (Å²) in [4.78, 5) is 218. The number of aryl methyl sites for hydroxylation is 1. The van der Waals surface area contributed by atoms with Crippen LogP contribution in [0.5, 0.6) is 11.5 Å². The number of aromatic amines is 1. The van der Waals surface area contributed by atoms with Crippen LogP contribution in [0.15, 0.2) is 61.1 Å². The summed E-state index contributed by atoms with van der Waals surface area (Å²) in [5, 5.41) is 53.7. The van der Waals surface area contributed by atoms with Gasteiger partial charge >= 0.3 is 23.9 Å². The van der Waals surface area contributed by atoms with Gasteiger partial charge in [0.1, 0.15) is 78.7 Å². The Morgan fingerprint density at radius 3 is 1.25 bits per heavy atom. The molecule has 0 radical (unpaired) electrons. The zero-order valence-electron chi connectivity index (χ0n) is 85.8. The Kier molecular flexibility index (Phi) is 75.5. The van der Waals surface area contributed by atoms with Crippen molar-refractivity contribution in [2.45, 2.75) is 301 Å². The number of nitrogens with zero attached hydrogens (tertiary/aromatic N) is 1. The Bertz CT molecular complexity index is 4220. The molecule has 6 atom stereocenters. The maximum atomic E-state index is 13.9. The molecule has 826 valence electrons. The van der Waals surface area contributed by atoms with Crippen molar-refractivity contribution in [3.63, 3.8) is 0 Å². The van der Waals surface area contributed by atoms with Crippen molar-refractivity contribution >= 4 is 99.8 Å². The Balaban J connectivity index is 0.0000548. The standard InChI is InChI=1S/C105H166N10O31.2H2/c1-78(116)81(27-17-20-50-109-98(125)74-143-67-62-138-56-26-34-94(121)91(106)32-19-22-52-111-100(127)75-142-66-61-137-55-25-31-85(117)43-48-93(105(135)136)115-97(124)35-16-9-5-3-7-11-24-58-146-90-46-38-80(39-47-90)103(131)132)71-95(122)82(69-87(119)42-41-84-72-108-77-114-84)28-18-21-51-110-99(126)76-144-68-64-140-60-54-113-101(128)92(107)33-15-12-14-30-88(120)73-141-65-63-139-59-53-112-96(123)49-40-83(104(133)134)70-86(118)29-13-8-4-2-6-10-23-57-145-89-44-36-79(37-45-89)102(129)130;;/h36-39,44-47,72,77,81-83,91-93H,2-35,40-43,48-71,73-76,106-107H2,1H3,(H,108,114)(H,109,125)(H,110,126)(H,111,127)(H,112,123)(H,113,128)(H,115,124)(H,129,130)(H,131,132)(H,133,134)(H,135,136);2*1H/t81-,82-,83-,91+,92+,93+;;/m1../s1. The van der Waals surface area contributed by atoms with Crippen molar-refractivity contribution in [3.8, 4) is 11.5 Å². The van der Waals surface area contributed by atoms with Gasteiger partial charge in [0.15, 0.2) is 5.78 Å². The summed E-state index contributed by atoms with van der Waals surface area (Å²) in [5.74, 6) is -8.15. The Hall–Kier alpha value is -10.8. The van der Waals surface area contributed by atoms with Gasteiger partial charge in [0, 0.05) is 143 Å². The van der Waals surface area contributed by atoms with Crippen LogP contribution in [0.25, 0.3) is 0 Å². The summed E-state index contributed by atoms with van der Waals surface area (Å²) in [6.45, 7) is 5.45. The fourth-order valence-electron chi connectivity index (χ4n) is 15.4. The van der Waals surface area contributed by atoms with E-state index in [1.165, 1.54) is 37.5 Å².